The quantitative estimate of drug-likeness (QED) is 0.512. The molecule has 0 aliphatic carbocycles. The van der Waals surface area contributed by atoms with Crippen molar-refractivity contribution in [1.29, 1.82) is 0 Å². The van der Waals surface area contributed by atoms with Crippen molar-refractivity contribution in [3.63, 3.8) is 0 Å². The summed E-state index contributed by atoms with van der Waals surface area (Å²) in [5.41, 5.74) is 0.538. The fourth-order valence-electron chi connectivity index (χ4n) is 1.36. The van der Waals surface area contributed by atoms with Crippen molar-refractivity contribution in [3.05, 3.63) is 45.8 Å². The van der Waals surface area contributed by atoms with E-state index in [1.54, 1.807) is 20.8 Å². The largest absolute Gasteiger partial charge is 0.598 e. The Morgan fingerprint density at radius 1 is 1.37 bits per heavy atom. The van der Waals surface area contributed by atoms with Gasteiger partial charge in [-0.15, -0.1) is 4.72 Å². The molecule has 0 spiro atoms. The summed E-state index contributed by atoms with van der Waals surface area (Å²) in [6.07, 6.45) is 0. The number of hydrogen-bond acceptors (Lipinski definition) is 4. The standard InChI is InChI=1S/C12H17FN2O3S/c1-12(2,3)19(18)14-11(8-15(16)17)9-4-6-10(13)7-5-9/h4-7,11,14H,8H2,1-3H3/t11-,19?/m0/s1. The molecule has 0 heterocycles. The molecule has 0 fully saturated rings. The smallest absolute Gasteiger partial charge is 0.227 e. The SMILES string of the molecule is CC(C)(C)[S+]([O-])N[C@@H](C[N+](=O)[O-])c1ccc(F)cc1. The first kappa shape index (κ1) is 15.9. The predicted octanol–water partition coefficient (Wildman–Crippen LogP) is 2.20. The van der Waals surface area contributed by atoms with E-state index in [0.29, 0.717) is 5.56 Å². The van der Waals surface area contributed by atoms with Gasteiger partial charge in [0.2, 0.25) is 6.54 Å². The number of nitro groups is 1. The molecule has 0 aromatic heterocycles. The second kappa shape index (κ2) is 6.31. The lowest BCUT2D eigenvalue weighted by Gasteiger charge is -2.26. The Kier molecular flexibility index (Phi) is 5.28. The molecule has 0 amide bonds. The Morgan fingerprint density at radius 3 is 2.32 bits per heavy atom. The van der Waals surface area contributed by atoms with E-state index in [0.717, 1.165) is 0 Å². The van der Waals surface area contributed by atoms with E-state index in [1.807, 2.05) is 0 Å². The van der Waals surface area contributed by atoms with Gasteiger partial charge >= 0.3 is 0 Å². The minimum absolute atomic E-state index is 0.409. The van der Waals surface area contributed by atoms with Crippen LogP contribution in [0.25, 0.3) is 0 Å². The van der Waals surface area contributed by atoms with Crippen LogP contribution in [0, 0.1) is 15.9 Å². The number of nitrogens with zero attached hydrogens (tertiary/aromatic N) is 1. The van der Waals surface area contributed by atoms with E-state index < -0.39 is 39.4 Å². The third kappa shape index (κ3) is 5.14. The second-order valence-corrected chi connectivity index (χ2v) is 7.12. The predicted molar refractivity (Wildman–Crippen MR) is 72.0 cm³/mol. The topological polar surface area (TPSA) is 78.2 Å². The van der Waals surface area contributed by atoms with Gasteiger partial charge in [0.05, 0.1) is 0 Å². The molecule has 0 radical (unpaired) electrons. The van der Waals surface area contributed by atoms with Crippen LogP contribution >= 0.6 is 0 Å². The molecule has 7 heteroatoms. The van der Waals surface area contributed by atoms with Gasteiger partial charge in [-0.05, 0) is 38.5 Å². The molecule has 1 aromatic rings. The lowest BCUT2D eigenvalue weighted by molar-refractivity contribution is -0.483. The summed E-state index contributed by atoms with van der Waals surface area (Å²) < 4.78 is 27.0. The van der Waals surface area contributed by atoms with Crippen LogP contribution in [-0.4, -0.2) is 20.8 Å². The van der Waals surface area contributed by atoms with Gasteiger partial charge in [-0.25, -0.2) is 4.39 Å². The van der Waals surface area contributed by atoms with Crippen molar-refractivity contribution in [3.8, 4) is 0 Å². The highest BCUT2D eigenvalue weighted by Crippen LogP contribution is 2.20. The van der Waals surface area contributed by atoms with Gasteiger partial charge in [0.25, 0.3) is 0 Å². The molecule has 5 nitrogen and oxygen atoms in total. The van der Waals surface area contributed by atoms with Gasteiger partial charge in [0.1, 0.15) is 16.6 Å². The summed E-state index contributed by atoms with van der Waals surface area (Å²) in [5, 5.41) is 10.7. The summed E-state index contributed by atoms with van der Waals surface area (Å²) >= 11 is -1.44. The third-order valence-electron chi connectivity index (χ3n) is 2.41. The van der Waals surface area contributed by atoms with Gasteiger partial charge < -0.3 is 4.55 Å². The molecular formula is C12H17FN2O3S. The first-order valence-corrected chi connectivity index (χ1v) is 6.90. The summed E-state index contributed by atoms with van der Waals surface area (Å²) in [5.74, 6) is -0.416. The first-order valence-electron chi connectivity index (χ1n) is 5.75. The van der Waals surface area contributed by atoms with Gasteiger partial charge in [-0.1, -0.05) is 12.1 Å². The van der Waals surface area contributed by atoms with Gasteiger partial charge in [0, 0.05) is 16.3 Å². The fourth-order valence-corrected chi connectivity index (χ4v) is 2.18. The van der Waals surface area contributed by atoms with Crippen molar-refractivity contribution in [2.45, 2.75) is 31.6 Å². The van der Waals surface area contributed by atoms with E-state index in [1.165, 1.54) is 24.3 Å². The van der Waals surface area contributed by atoms with E-state index in [-0.39, 0.29) is 0 Å². The molecule has 0 aliphatic heterocycles. The Bertz CT molecular complexity index is 434. The summed E-state index contributed by atoms with van der Waals surface area (Å²) in [7, 11) is 0. The molecule has 0 aliphatic rings. The van der Waals surface area contributed by atoms with Crippen LogP contribution in [0.4, 0.5) is 4.39 Å². The number of nitrogens with one attached hydrogen (secondary N) is 1. The van der Waals surface area contributed by atoms with Crippen molar-refractivity contribution in [1.82, 2.24) is 4.72 Å². The van der Waals surface area contributed by atoms with Crippen LogP contribution in [-0.2, 0) is 11.4 Å². The molecule has 0 saturated carbocycles. The lowest BCUT2D eigenvalue weighted by Crippen LogP contribution is -2.43. The number of rotatable bonds is 5. The van der Waals surface area contributed by atoms with E-state index in [2.05, 4.69) is 4.72 Å². The van der Waals surface area contributed by atoms with Crippen LogP contribution in [0.1, 0.15) is 32.4 Å². The maximum atomic E-state index is 12.9. The maximum absolute atomic E-state index is 12.9. The number of benzene rings is 1. The molecule has 1 unspecified atom stereocenters. The molecule has 0 saturated heterocycles. The van der Waals surface area contributed by atoms with Crippen molar-refractivity contribution in [2.75, 3.05) is 6.54 Å². The van der Waals surface area contributed by atoms with E-state index in [9.17, 15) is 19.1 Å². The zero-order chi connectivity index (χ0) is 14.6. The summed E-state index contributed by atoms with van der Waals surface area (Å²) in [4.78, 5) is 10.2. The Balaban J connectivity index is 2.89. The van der Waals surface area contributed by atoms with E-state index in [4.69, 9.17) is 0 Å². The molecule has 1 rings (SSSR count). The number of halogens is 1. The Morgan fingerprint density at radius 2 is 1.89 bits per heavy atom. The van der Waals surface area contributed by atoms with Crippen LogP contribution in [0.15, 0.2) is 24.3 Å². The zero-order valence-electron chi connectivity index (χ0n) is 11.1. The molecule has 1 N–H and O–H groups in total. The normalized spacial score (nSPS) is 15.0. The van der Waals surface area contributed by atoms with Crippen molar-refractivity contribution < 1.29 is 13.9 Å². The first-order chi connectivity index (χ1) is 8.70. The Labute approximate surface area is 114 Å². The lowest BCUT2D eigenvalue weighted by atomic mass is 10.1. The molecule has 106 valence electrons. The van der Waals surface area contributed by atoms with Gasteiger partial charge in [0.15, 0.2) is 0 Å². The van der Waals surface area contributed by atoms with Crippen molar-refractivity contribution >= 4 is 11.4 Å². The highest BCUT2D eigenvalue weighted by Gasteiger charge is 2.31. The summed E-state index contributed by atoms with van der Waals surface area (Å²) in [6, 6.07) is 4.65. The highest BCUT2D eigenvalue weighted by molar-refractivity contribution is 7.90. The average Bonchev–Trinajstić information content (AvgIpc) is 2.27. The highest BCUT2D eigenvalue weighted by atomic mass is 32.2. The van der Waals surface area contributed by atoms with Crippen LogP contribution in [0.5, 0.6) is 0 Å². The third-order valence-corrected chi connectivity index (χ3v) is 4.02. The fraction of sp³-hybridized carbons (Fsp3) is 0.500. The molecule has 0 bridgehead atoms. The van der Waals surface area contributed by atoms with Gasteiger partial charge in [-0.2, -0.15) is 0 Å². The molecule has 1 aromatic carbocycles. The zero-order valence-corrected chi connectivity index (χ0v) is 11.9. The minimum atomic E-state index is -1.44. The Hall–Kier alpha value is -1.18. The summed E-state index contributed by atoms with van der Waals surface area (Å²) in [6.45, 7) is 4.89. The minimum Gasteiger partial charge on any atom is -0.598 e. The second-order valence-electron chi connectivity index (χ2n) is 5.12. The molecule has 2 atom stereocenters. The van der Waals surface area contributed by atoms with Crippen molar-refractivity contribution in [2.24, 2.45) is 0 Å². The molecular weight excluding hydrogens is 271 g/mol. The van der Waals surface area contributed by atoms with Gasteiger partial charge in [-0.3, -0.25) is 10.1 Å². The van der Waals surface area contributed by atoms with Crippen LogP contribution in [0.3, 0.4) is 0 Å². The van der Waals surface area contributed by atoms with Crippen LogP contribution in [0.2, 0.25) is 0 Å². The monoisotopic (exact) mass is 288 g/mol. The van der Waals surface area contributed by atoms with E-state index >= 15 is 0 Å². The number of hydrogen-bond donors (Lipinski definition) is 1. The molecule has 19 heavy (non-hydrogen) atoms. The maximum Gasteiger partial charge on any atom is 0.227 e. The van der Waals surface area contributed by atoms with Crippen LogP contribution < -0.4 is 4.72 Å². The average molecular weight is 288 g/mol.